The first-order valence-corrected chi connectivity index (χ1v) is 6.37. The van der Waals surface area contributed by atoms with Crippen molar-refractivity contribution in [1.82, 2.24) is 5.32 Å². The first-order chi connectivity index (χ1) is 8.69. The van der Waals surface area contributed by atoms with Crippen LogP contribution in [-0.2, 0) is 4.79 Å². The van der Waals surface area contributed by atoms with Crippen molar-refractivity contribution in [1.29, 1.82) is 0 Å². The average Bonchev–Trinajstić information content (AvgIpc) is 2.39. The van der Waals surface area contributed by atoms with Gasteiger partial charge in [0.15, 0.2) is 0 Å². The molecule has 1 amide bonds. The molecule has 0 aliphatic carbocycles. The Kier molecular flexibility index (Phi) is 4.20. The number of methoxy groups -OCH3 is 1. The number of anilines is 1. The van der Waals surface area contributed by atoms with Gasteiger partial charge in [0.1, 0.15) is 5.75 Å². The second-order valence-electron chi connectivity index (χ2n) is 4.80. The highest BCUT2D eigenvalue weighted by Crippen LogP contribution is 2.20. The quantitative estimate of drug-likeness (QED) is 0.860. The Hall–Kier alpha value is -1.55. The number of hydrogen-bond acceptors (Lipinski definition) is 3. The van der Waals surface area contributed by atoms with Crippen LogP contribution in [-0.4, -0.2) is 25.6 Å². The summed E-state index contributed by atoms with van der Waals surface area (Å²) in [6.07, 6.45) is 2.00. The number of nitrogens with one attached hydrogen (secondary N) is 2. The van der Waals surface area contributed by atoms with E-state index in [1.165, 1.54) is 0 Å². The smallest absolute Gasteiger partial charge is 0.228 e. The molecule has 18 heavy (non-hydrogen) atoms. The van der Waals surface area contributed by atoms with E-state index in [9.17, 15) is 4.79 Å². The van der Waals surface area contributed by atoms with Crippen LogP contribution < -0.4 is 15.4 Å². The molecule has 4 heteroatoms. The largest absolute Gasteiger partial charge is 0.497 e. The van der Waals surface area contributed by atoms with Gasteiger partial charge in [0.2, 0.25) is 5.91 Å². The third-order valence-electron chi connectivity index (χ3n) is 3.37. The van der Waals surface area contributed by atoms with E-state index < -0.39 is 0 Å². The number of hydrogen-bond donors (Lipinski definition) is 2. The number of benzene rings is 1. The van der Waals surface area contributed by atoms with E-state index in [0.717, 1.165) is 30.8 Å². The van der Waals surface area contributed by atoms with Crippen LogP contribution in [0.2, 0.25) is 0 Å². The minimum atomic E-state index is 0.0624. The maximum atomic E-state index is 12.1. The first kappa shape index (κ1) is 12.9. The number of piperidine rings is 1. The zero-order chi connectivity index (χ0) is 13.0. The van der Waals surface area contributed by atoms with Crippen molar-refractivity contribution in [3.63, 3.8) is 0 Å². The standard InChI is InChI=1S/C14H20N2O2/c1-10-6-7-11(9-15-10)14(17)16-12-4-3-5-13(8-12)18-2/h3-5,8,10-11,15H,6-7,9H2,1-2H3,(H,16,17). The van der Waals surface area contributed by atoms with Crippen molar-refractivity contribution >= 4 is 11.6 Å². The second kappa shape index (κ2) is 5.87. The van der Waals surface area contributed by atoms with Crippen LogP contribution in [0, 0.1) is 5.92 Å². The van der Waals surface area contributed by atoms with Gasteiger partial charge in [-0.25, -0.2) is 0 Å². The molecule has 0 aromatic heterocycles. The summed E-state index contributed by atoms with van der Waals surface area (Å²) in [5, 5.41) is 6.28. The summed E-state index contributed by atoms with van der Waals surface area (Å²) in [6, 6.07) is 7.96. The summed E-state index contributed by atoms with van der Waals surface area (Å²) < 4.78 is 5.13. The molecule has 1 aromatic carbocycles. The molecule has 1 aliphatic rings. The fraction of sp³-hybridized carbons (Fsp3) is 0.500. The van der Waals surface area contributed by atoms with Gasteiger partial charge in [0.05, 0.1) is 13.0 Å². The van der Waals surface area contributed by atoms with E-state index in [2.05, 4.69) is 17.6 Å². The summed E-state index contributed by atoms with van der Waals surface area (Å²) in [7, 11) is 1.62. The zero-order valence-electron chi connectivity index (χ0n) is 10.9. The van der Waals surface area contributed by atoms with E-state index in [-0.39, 0.29) is 11.8 Å². The fourth-order valence-electron chi connectivity index (χ4n) is 2.17. The highest BCUT2D eigenvalue weighted by molar-refractivity contribution is 5.92. The van der Waals surface area contributed by atoms with Crippen LogP contribution in [0.5, 0.6) is 5.75 Å². The van der Waals surface area contributed by atoms with E-state index in [1.807, 2.05) is 24.3 Å². The van der Waals surface area contributed by atoms with E-state index in [4.69, 9.17) is 4.74 Å². The van der Waals surface area contributed by atoms with Crippen molar-refractivity contribution in [3.8, 4) is 5.75 Å². The number of carbonyl (C=O) groups is 1. The topological polar surface area (TPSA) is 50.4 Å². The van der Waals surface area contributed by atoms with Crippen molar-refractivity contribution in [2.45, 2.75) is 25.8 Å². The Morgan fingerprint density at radius 1 is 1.44 bits per heavy atom. The molecule has 1 aliphatic heterocycles. The third-order valence-corrected chi connectivity index (χ3v) is 3.37. The molecular weight excluding hydrogens is 228 g/mol. The minimum absolute atomic E-state index is 0.0624. The molecule has 2 atom stereocenters. The van der Waals surface area contributed by atoms with Crippen molar-refractivity contribution in [2.24, 2.45) is 5.92 Å². The highest BCUT2D eigenvalue weighted by atomic mass is 16.5. The molecule has 0 radical (unpaired) electrons. The van der Waals surface area contributed by atoms with Gasteiger partial charge in [-0.05, 0) is 31.9 Å². The molecule has 2 unspecified atom stereocenters. The number of amides is 1. The van der Waals surface area contributed by atoms with Gasteiger partial charge in [0.25, 0.3) is 0 Å². The number of ether oxygens (including phenoxy) is 1. The molecule has 0 bridgehead atoms. The lowest BCUT2D eigenvalue weighted by atomic mass is 9.95. The normalized spacial score (nSPS) is 23.4. The van der Waals surface area contributed by atoms with Gasteiger partial charge in [-0.3, -0.25) is 4.79 Å². The van der Waals surface area contributed by atoms with Gasteiger partial charge < -0.3 is 15.4 Å². The summed E-state index contributed by atoms with van der Waals surface area (Å²) in [6.45, 7) is 2.91. The van der Waals surface area contributed by atoms with Gasteiger partial charge in [-0.1, -0.05) is 6.07 Å². The van der Waals surface area contributed by atoms with Crippen molar-refractivity contribution < 1.29 is 9.53 Å². The first-order valence-electron chi connectivity index (χ1n) is 6.37. The lowest BCUT2D eigenvalue weighted by Crippen LogP contribution is -2.41. The Labute approximate surface area is 108 Å². The predicted octanol–water partition coefficient (Wildman–Crippen LogP) is 2.02. The molecule has 1 saturated heterocycles. The SMILES string of the molecule is COc1cccc(NC(=O)C2CCC(C)NC2)c1. The van der Waals surface area contributed by atoms with Crippen molar-refractivity contribution in [2.75, 3.05) is 19.0 Å². The Morgan fingerprint density at radius 2 is 2.28 bits per heavy atom. The second-order valence-corrected chi connectivity index (χ2v) is 4.80. The average molecular weight is 248 g/mol. The molecule has 1 heterocycles. The molecule has 0 spiro atoms. The maximum Gasteiger partial charge on any atom is 0.228 e. The molecular formula is C14H20N2O2. The van der Waals surface area contributed by atoms with Crippen LogP contribution in [0.3, 0.4) is 0 Å². The van der Waals surface area contributed by atoms with Crippen molar-refractivity contribution in [3.05, 3.63) is 24.3 Å². The minimum Gasteiger partial charge on any atom is -0.497 e. The number of carbonyl (C=O) groups excluding carboxylic acids is 1. The summed E-state index contributed by atoms with van der Waals surface area (Å²) in [5.74, 6) is 0.901. The van der Waals surface area contributed by atoms with Crippen LogP contribution >= 0.6 is 0 Å². The van der Waals surface area contributed by atoms with Crippen LogP contribution in [0.1, 0.15) is 19.8 Å². The maximum absolute atomic E-state index is 12.1. The van der Waals surface area contributed by atoms with Gasteiger partial charge >= 0.3 is 0 Å². The summed E-state index contributed by atoms with van der Waals surface area (Å²) in [5.41, 5.74) is 0.790. The molecule has 2 rings (SSSR count). The van der Waals surface area contributed by atoms with E-state index in [0.29, 0.717) is 6.04 Å². The summed E-state index contributed by atoms with van der Waals surface area (Å²) in [4.78, 5) is 12.1. The molecule has 1 aromatic rings. The van der Waals surface area contributed by atoms with Crippen LogP contribution in [0.4, 0.5) is 5.69 Å². The fourth-order valence-corrected chi connectivity index (χ4v) is 2.17. The number of rotatable bonds is 3. The highest BCUT2D eigenvalue weighted by Gasteiger charge is 2.23. The lowest BCUT2D eigenvalue weighted by Gasteiger charge is -2.26. The van der Waals surface area contributed by atoms with Crippen LogP contribution in [0.15, 0.2) is 24.3 Å². The zero-order valence-corrected chi connectivity index (χ0v) is 10.9. The molecule has 0 saturated carbocycles. The van der Waals surface area contributed by atoms with Crippen LogP contribution in [0.25, 0.3) is 0 Å². The van der Waals surface area contributed by atoms with E-state index in [1.54, 1.807) is 7.11 Å². The molecule has 98 valence electrons. The monoisotopic (exact) mass is 248 g/mol. The Balaban J connectivity index is 1.94. The Bertz CT molecular complexity index is 412. The predicted molar refractivity (Wildman–Crippen MR) is 71.8 cm³/mol. The lowest BCUT2D eigenvalue weighted by molar-refractivity contribution is -0.120. The Morgan fingerprint density at radius 3 is 2.94 bits per heavy atom. The van der Waals surface area contributed by atoms with Gasteiger partial charge in [0, 0.05) is 24.3 Å². The van der Waals surface area contributed by atoms with Gasteiger partial charge in [-0.2, -0.15) is 0 Å². The van der Waals surface area contributed by atoms with E-state index >= 15 is 0 Å². The molecule has 1 fully saturated rings. The molecule has 2 N–H and O–H groups in total. The summed E-state index contributed by atoms with van der Waals surface area (Å²) >= 11 is 0. The van der Waals surface area contributed by atoms with Gasteiger partial charge in [-0.15, -0.1) is 0 Å². The molecule has 4 nitrogen and oxygen atoms in total. The third kappa shape index (κ3) is 3.23.